The number of nitrogens with one attached hydrogen (secondary N) is 2. The molecule has 0 aliphatic carbocycles. The number of hydrogen-bond donors (Lipinski definition) is 2. The summed E-state index contributed by atoms with van der Waals surface area (Å²) < 4.78 is 1.13. The number of anilines is 1. The summed E-state index contributed by atoms with van der Waals surface area (Å²) in [6, 6.07) is 6.29. The number of rotatable bonds is 4. The van der Waals surface area contributed by atoms with Gasteiger partial charge in [0.05, 0.1) is 10.2 Å². The molecule has 22 heavy (non-hydrogen) atoms. The van der Waals surface area contributed by atoms with Gasteiger partial charge in [0.1, 0.15) is 16.1 Å². The third kappa shape index (κ3) is 3.10. The van der Waals surface area contributed by atoms with Gasteiger partial charge in [-0.1, -0.05) is 0 Å². The maximum atomic E-state index is 11.7. The molecule has 0 fully saturated rings. The number of carbonyl (C=O) groups excluding carboxylic acids is 1. The number of benzene rings is 1. The maximum absolute atomic E-state index is 11.7. The standard InChI is InChI=1S/C15H18N4OS2/c1-8(2)17-9-4-5-10-12(6-9)22-15(18-10)14-19-11(7-21-14)13(20)16-3/h4-6,8,11,17H,7H2,1-3H3,(H,16,20)/t11-/m1/s1. The van der Waals surface area contributed by atoms with Crippen LogP contribution >= 0.6 is 23.1 Å². The Kier molecular flexibility index (Phi) is 4.35. The van der Waals surface area contributed by atoms with Gasteiger partial charge in [0.25, 0.3) is 0 Å². The molecule has 1 aliphatic heterocycles. The summed E-state index contributed by atoms with van der Waals surface area (Å²) >= 11 is 3.22. The molecule has 116 valence electrons. The molecule has 0 saturated heterocycles. The second-order valence-electron chi connectivity index (χ2n) is 5.38. The van der Waals surface area contributed by atoms with Gasteiger partial charge >= 0.3 is 0 Å². The lowest BCUT2D eigenvalue weighted by atomic mass is 10.2. The van der Waals surface area contributed by atoms with E-state index in [0.717, 1.165) is 26.0 Å². The molecule has 5 nitrogen and oxygen atoms in total. The van der Waals surface area contributed by atoms with Crippen LogP contribution in [0.5, 0.6) is 0 Å². The first-order valence-electron chi connectivity index (χ1n) is 7.16. The number of likely N-dealkylation sites (N-methyl/N-ethyl adjacent to an activating group) is 1. The lowest BCUT2D eigenvalue weighted by Crippen LogP contribution is -2.30. The van der Waals surface area contributed by atoms with Crippen LogP contribution in [0.4, 0.5) is 5.69 Å². The summed E-state index contributed by atoms with van der Waals surface area (Å²) in [5.74, 6) is 0.650. The van der Waals surface area contributed by atoms with Gasteiger partial charge in [-0.15, -0.1) is 23.1 Å². The highest BCUT2D eigenvalue weighted by Crippen LogP contribution is 2.31. The first-order valence-corrected chi connectivity index (χ1v) is 8.96. The largest absolute Gasteiger partial charge is 0.383 e. The van der Waals surface area contributed by atoms with E-state index in [1.54, 1.807) is 30.1 Å². The van der Waals surface area contributed by atoms with Crippen LogP contribution in [0.15, 0.2) is 23.2 Å². The van der Waals surface area contributed by atoms with Gasteiger partial charge in [0.2, 0.25) is 5.91 Å². The fourth-order valence-electron chi connectivity index (χ4n) is 2.23. The molecule has 0 bridgehead atoms. The van der Waals surface area contributed by atoms with Crippen molar-refractivity contribution in [1.29, 1.82) is 0 Å². The number of thioether (sulfide) groups is 1. The van der Waals surface area contributed by atoms with Gasteiger partial charge in [-0.05, 0) is 32.0 Å². The van der Waals surface area contributed by atoms with Crippen LogP contribution < -0.4 is 10.6 Å². The smallest absolute Gasteiger partial charge is 0.245 e. The Morgan fingerprint density at radius 1 is 1.41 bits per heavy atom. The molecule has 2 heterocycles. The molecule has 0 unspecified atom stereocenters. The lowest BCUT2D eigenvalue weighted by Gasteiger charge is -2.08. The summed E-state index contributed by atoms with van der Waals surface area (Å²) in [6.07, 6.45) is 0. The van der Waals surface area contributed by atoms with Crippen LogP contribution in [0, 0.1) is 0 Å². The molecular formula is C15H18N4OS2. The van der Waals surface area contributed by atoms with Crippen LogP contribution in [0.2, 0.25) is 0 Å². The first kappa shape index (κ1) is 15.3. The van der Waals surface area contributed by atoms with Crippen molar-refractivity contribution in [2.24, 2.45) is 4.99 Å². The third-order valence-corrected chi connectivity index (χ3v) is 5.44. The molecule has 0 saturated carbocycles. The van der Waals surface area contributed by atoms with Gasteiger partial charge in [0.15, 0.2) is 0 Å². The zero-order valence-electron chi connectivity index (χ0n) is 12.7. The average molecular weight is 334 g/mol. The first-order chi connectivity index (χ1) is 10.6. The molecule has 1 aromatic heterocycles. The SMILES string of the molecule is CNC(=O)[C@H]1CSC(c2nc3ccc(NC(C)C)cc3s2)=N1. The number of thiazole rings is 1. The molecule has 1 aliphatic rings. The van der Waals surface area contributed by atoms with E-state index >= 15 is 0 Å². The molecule has 1 aromatic carbocycles. The molecule has 1 amide bonds. The van der Waals surface area contributed by atoms with Crippen molar-refractivity contribution in [3.63, 3.8) is 0 Å². The summed E-state index contributed by atoms with van der Waals surface area (Å²) in [5.41, 5.74) is 2.07. The average Bonchev–Trinajstić information content (AvgIpc) is 3.11. The van der Waals surface area contributed by atoms with E-state index in [0.29, 0.717) is 11.8 Å². The topological polar surface area (TPSA) is 66.4 Å². The van der Waals surface area contributed by atoms with Crippen molar-refractivity contribution in [3.8, 4) is 0 Å². The number of hydrogen-bond acceptors (Lipinski definition) is 6. The third-order valence-electron chi connectivity index (χ3n) is 3.23. The highest BCUT2D eigenvalue weighted by Gasteiger charge is 2.26. The highest BCUT2D eigenvalue weighted by atomic mass is 32.2. The molecule has 3 rings (SSSR count). The van der Waals surface area contributed by atoms with Gasteiger partial charge in [-0.3, -0.25) is 9.79 Å². The summed E-state index contributed by atoms with van der Waals surface area (Å²) in [6.45, 7) is 4.23. The Balaban J connectivity index is 1.88. The van der Waals surface area contributed by atoms with E-state index in [2.05, 4.69) is 40.5 Å². The second kappa shape index (κ2) is 6.26. The van der Waals surface area contributed by atoms with Crippen LogP contribution in [0.1, 0.15) is 18.9 Å². The molecule has 1 atom stereocenters. The summed E-state index contributed by atoms with van der Waals surface area (Å²) in [4.78, 5) is 20.8. The van der Waals surface area contributed by atoms with Crippen molar-refractivity contribution in [2.45, 2.75) is 25.9 Å². The van der Waals surface area contributed by atoms with E-state index in [4.69, 9.17) is 0 Å². The minimum atomic E-state index is -0.296. The Bertz CT molecular complexity index is 738. The van der Waals surface area contributed by atoms with Gasteiger partial charge < -0.3 is 10.6 Å². The fraction of sp³-hybridized carbons (Fsp3) is 0.400. The zero-order valence-corrected chi connectivity index (χ0v) is 14.3. The fourth-order valence-corrected chi connectivity index (χ4v) is 4.34. The Hall–Kier alpha value is -1.60. The predicted octanol–water partition coefficient (Wildman–Crippen LogP) is 2.72. The number of amides is 1. The van der Waals surface area contributed by atoms with Gasteiger partial charge in [-0.25, -0.2) is 4.98 Å². The number of aromatic nitrogens is 1. The highest BCUT2D eigenvalue weighted by molar-refractivity contribution is 8.15. The number of aliphatic imine (C=N–C) groups is 1. The minimum Gasteiger partial charge on any atom is -0.383 e. The zero-order chi connectivity index (χ0) is 15.7. The van der Waals surface area contributed by atoms with Gasteiger partial charge in [-0.2, -0.15) is 0 Å². The molecule has 0 spiro atoms. The number of carbonyl (C=O) groups is 1. The van der Waals surface area contributed by atoms with Crippen LogP contribution in [-0.4, -0.2) is 40.8 Å². The second-order valence-corrected chi connectivity index (χ2v) is 7.42. The molecular weight excluding hydrogens is 316 g/mol. The van der Waals surface area contributed by atoms with E-state index in [1.807, 2.05) is 12.1 Å². The monoisotopic (exact) mass is 334 g/mol. The maximum Gasteiger partial charge on any atom is 0.245 e. The molecule has 2 aromatic rings. The molecule has 0 radical (unpaired) electrons. The van der Waals surface area contributed by atoms with Crippen molar-refractivity contribution in [2.75, 3.05) is 18.1 Å². The van der Waals surface area contributed by atoms with Crippen LogP contribution in [0.25, 0.3) is 10.2 Å². The summed E-state index contributed by atoms with van der Waals surface area (Å²) in [7, 11) is 1.64. The van der Waals surface area contributed by atoms with Crippen LogP contribution in [-0.2, 0) is 4.79 Å². The quantitative estimate of drug-likeness (QED) is 0.902. The van der Waals surface area contributed by atoms with E-state index < -0.39 is 0 Å². The van der Waals surface area contributed by atoms with Crippen molar-refractivity contribution in [1.82, 2.24) is 10.3 Å². The number of fused-ring (bicyclic) bond motifs is 1. The Morgan fingerprint density at radius 3 is 2.95 bits per heavy atom. The van der Waals surface area contributed by atoms with E-state index in [1.165, 1.54) is 0 Å². The lowest BCUT2D eigenvalue weighted by molar-refractivity contribution is -0.121. The van der Waals surface area contributed by atoms with Crippen LogP contribution in [0.3, 0.4) is 0 Å². The number of nitrogens with zero attached hydrogens (tertiary/aromatic N) is 2. The van der Waals surface area contributed by atoms with Crippen molar-refractivity contribution >= 4 is 50.0 Å². The Labute approximate surface area is 137 Å². The molecule has 7 heteroatoms. The molecule has 2 N–H and O–H groups in total. The predicted molar refractivity (Wildman–Crippen MR) is 95.2 cm³/mol. The van der Waals surface area contributed by atoms with Crippen molar-refractivity contribution < 1.29 is 4.79 Å². The van der Waals surface area contributed by atoms with E-state index in [9.17, 15) is 4.79 Å². The van der Waals surface area contributed by atoms with Gasteiger partial charge in [0, 0.05) is 24.5 Å². The Morgan fingerprint density at radius 2 is 2.23 bits per heavy atom. The normalized spacial score (nSPS) is 17.8. The van der Waals surface area contributed by atoms with Crippen molar-refractivity contribution in [3.05, 3.63) is 23.2 Å². The minimum absolute atomic E-state index is 0.0352. The van der Waals surface area contributed by atoms with E-state index in [-0.39, 0.29) is 11.9 Å². The summed E-state index contributed by atoms with van der Waals surface area (Å²) in [5, 5.41) is 7.81.